The zero-order valence-corrected chi connectivity index (χ0v) is 15.8. The lowest BCUT2D eigenvalue weighted by Gasteiger charge is -2.12. The normalized spacial score (nSPS) is 12.6. The van der Waals surface area contributed by atoms with Gasteiger partial charge in [-0.05, 0) is 64.4 Å². The van der Waals surface area contributed by atoms with Crippen LogP contribution < -0.4 is 14.8 Å². The largest absolute Gasteiger partial charge is 0.454 e. The Labute approximate surface area is 165 Å². The van der Waals surface area contributed by atoms with E-state index in [1.165, 1.54) is 17.7 Å². The molecule has 0 atom stereocenters. The number of nitrogens with zero attached hydrogens (tertiary/aromatic N) is 1. The third kappa shape index (κ3) is 3.32. The van der Waals surface area contributed by atoms with E-state index < -0.39 is 0 Å². The van der Waals surface area contributed by atoms with Gasteiger partial charge in [0, 0.05) is 30.1 Å². The highest BCUT2D eigenvalue weighted by Gasteiger charge is 2.17. The highest BCUT2D eigenvalue weighted by Crippen LogP contribution is 2.37. The summed E-state index contributed by atoms with van der Waals surface area (Å²) in [4.78, 5) is 4.87. The predicted molar refractivity (Wildman–Crippen MR) is 108 cm³/mol. The van der Waals surface area contributed by atoms with E-state index in [0.717, 1.165) is 40.0 Å². The molecule has 3 heterocycles. The van der Waals surface area contributed by atoms with Gasteiger partial charge < -0.3 is 14.8 Å². The van der Waals surface area contributed by atoms with Crippen LogP contribution in [0.4, 0.5) is 4.39 Å². The average Bonchev–Trinajstić information content (AvgIpc) is 3.38. The lowest BCUT2D eigenvalue weighted by molar-refractivity contribution is 0.174. The minimum atomic E-state index is -0.259. The van der Waals surface area contributed by atoms with Crippen LogP contribution in [-0.2, 0) is 13.1 Å². The van der Waals surface area contributed by atoms with Gasteiger partial charge in [-0.25, -0.2) is 9.37 Å². The fourth-order valence-corrected chi connectivity index (χ4v) is 4.00. The maximum Gasteiger partial charge on any atom is 0.231 e. The zero-order valence-electron chi connectivity index (χ0n) is 14.9. The number of nitrogens with one attached hydrogen (secondary N) is 1. The molecule has 140 valence electrons. The Hall–Kier alpha value is -2.96. The molecule has 0 bridgehead atoms. The van der Waals surface area contributed by atoms with Crippen molar-refractivity contribution in [3.05, 3.63) is 76.2 Å². The summed E-state index contributed by atoms with van der Waals surface area (Å²) in [5, 5.41) is 8.67. The molecule has 4 nitrogen and oxygen atoms in total. The Morgan fingerprint density at radius 3 is 2.61 bits per heavy atom. The molecule has 0 saturated heterocycles. The van der Waals surface area contributed by atoms with Crippen LogP contribution in [0, 0.1) is 5.82 Å². The molecule has 4 aromatic rings. The number of thiophene rings is 1. The Morgan fingerprint density at radius 1 is 1.00 bits per heavy atom. The van der Waals surface area contributed by atoms with Crippen molar-refractivity contribution in [1.29, 1.82) is 0 Å². The molecule has 0 saturated carbocycles. The summed E-state index contributed by atoms with van der Waals surface area (Å²) in [5.41, 5.74) is 4.85. The minimum absolute atomic E-state index is 0.228. The van der Waals surface area contributed by atoms with Crippen LogP contribution in [0.25, 0.3) is 22.2 Å². The van der Waals surface area contributed by atoms with E-state index in [2.05, 4.69) is 28.2 Å². The molecule has 0 unspecified atom stereocenters. The number of ether oxygens (including phenoxy) is 2. The highest BCUT2D eigenvalue weighted by atomic mass is 32.1. The second-order valence-electron chi connectivity index (χ2n) is 6.64. The molecule has 1 aliphatic heterocycles. The first-order valence-corrected chi connectivity index (χ1v) is 9.91. The topological polar surface area (TPSA) is 43.4 Å². The summed E-state index contributed by atoms with van der Waals surface area (Å²) >= 11 is 1.69. The lowest BCUT2D eigenvalue weighted by atomic mass is 10.0. The third-order valence-corrected chi connectivity index (χ3v) is 5.46. The molecule has 0 spiro atoms. The number of hydrogen-bond donors (Lipinski definition) is 1. The van der Waals surface area contributed by atoms with Crippen LogP contribution in [0.15, 0.2) is 59.3 Å². The number of hydrogen-bond acceptors (Lipinski definition) is 5. The standard InChI is InChI=1S/C22H17FN2O2S/c23-18-3-1-15(2-4-18)22-17(11-24-10-14-5-6-28-12-14)7-16-8-20-21(27-13-26-20)9-19(16)25-22/h1-9,12,24H,10-11,13H2. The molecule has 6 heteroatoms. The second kappa shape index (κ2) is 7.22. The van der Waals surface area contributed by atoms with Gasteiger partial charge in [0.15, 0.2) is 11.5 Å². The number of fused-ring (bicyclic) bond motifs is 2. The first-order chi connectivity index (χ1) is 13.8. The number of aromatic nitrogens is 1. The fourth-order valence-electron chi connectivity index (χ4n) is 3.33. The smallest absolute Gasteiger partial charge is 0.231 e. The van der Waals surface area contributed by atoms with Crippen LogP contribution in [-0.4, -0.2) is 11.8 Å². The van der Waals surface area contributed by atoms with Crippen LogP contribution in [0.2, 0.25) is 0 Å². The van der Waals surface area contributed by atoms with Crippen LogP contribution in [0.1, 0.15) is 11.1 Å². The fraction of sp³-hybridized carbons (Fsp3) is 0.136. The van der Waals surface area contributed by atoms with Crippen molar-refractivity contribution in [3.8, 4) is 22.8 Å². The average molecular weight is 392 g/mol. The van der Waals surface area contributed by atoms with Crippen molar-refractivity contribution >= 4 is 22.2 Å². The van der Waals surface area contributed by atoms with Gasteiger partial charge in [-0.1, -0.05) is 0 Å². The van der Waals surface area contributed by atoms with Crippen molar-refractivity contribution < 1.29 is 13.9 Å². The summed E-state index contributed by atoms with van der Waals surface area (Å²) in [7, 11) is 0. The number of pyridine rings is 1. The third-order valence-electron chi connectivity index (χ3n) is 4.73. The Morgan fingerprint density at radius 2 is 1.82 bits per heavy atom. The van der Waals surface area contributed by atoms with Gasteiger partial charge in [-0.15, -0.1) is 0 Å². The van der Waals surface area contributed by atoms with Crippen molar-refractivity contribution in [2.45, 2.75) is 13.1 Å². The van der Waals surface area contributed by atoms with Gasteiger partial charge in [0.25, 0.3) is 0 Å². The number of halogens is 1. The number of benzene rings is 2. The quantitative estimate of drug-likeness (QED) is 0.512. The Bertz CT molecular complexity index is 1130. The molecule has 28 heavy (non-hydrogen) atoms. The zero-order chi connectivity index (χ0) is 18.9. The molecule has 1 N–H and O–H groups in total. The van der Waals surface area contributed by atoms with Gasteiger partial charge in [-0.3, -0.25) is 0 Å². The molecular weight excluding hydrogens is 375 g/mol. The van der Waals surface area contributed by atoms with Gasteiger partial charge in [0.2, 0.25) is 6.79 Å². The maximum absolute atomic E-state index is 13.4. The van der Waals surface area contributed by atoms with Crippen molar-refractivity contribution in [1.82, 2.24) is 10.3 Å². The molecule has 0 aliphatic carbocycles. The monoisotopic (exact) mass is 392 g/mol. The van der Waals surface area contributed by atoms with Crippen LogP contribution in [0.3, 0.4) is 0 Å². The predicted octanol–water partition coefficient (Wildman–Crippen LogP) is 5.12. The molecule has 0 amide bonds. The van der Waals surface area contributed by atoms with E-state index in [0.29, 0.717) is 12.3 Å². The minimum Gasteiger partial charge on any atom is -0.454 e. The lowest BCUT2D eigenvalue weighted by Crippen LogP contribution is -2.13. The van der Waals surface area contributed by atoms with Gasteiger partial charge in [-0.2, -0.15) is 11.3 Å². The van der Waals surface area contributed by atoms with Crippen molar-refractivity contribution in [2.75, 3.05) is 6.79 Å². The molecule has 0 radical (unpaired) electrons. The van der Waals surface area contributed by atoms with Gasteiger partial charge >= 0.3 is 0 Å². The molecule has 2 aromatic heterocycles. The molecule has 1 aliphatic rings. The van der Waals surface area contributed by atoms with Crippen LogP contribution in [0.5, 0.6) is 11.5 Å². The summed E-state index contributed by atoms with van der Waals surface area (Å²) in [6.07, 6.45) is 0. The first kappa shape index (κ1) is 17.2. The molecular formula is C22H17FN2O2S. The SMILES string of the molecule is Fc1ccc(-c2nc3cc4c(cc3cc2CNCc2ccsc2)OCO4)cc1. The maximum atomic E-state index is 13.4. The summed E-state index contributed by atoms with van der Waals surface area (Å²) in [5.74, 6) is 1.18. The molecule has 0 fully saturated rings. The summed E-state index contributed by atoms with van der Waals surface area (Å²) in [6, 6.07) is 14.5. The summed E-state index contributed by atoms with van der Waals surface area (Å²) in [6.45, 7) is 1.66. The van der Waals surface area contributed by atoms with E-state index in [4.69, 9.17) is 14.5 Å². The summed E-state index contributed by atoms with van der Waals surface area (Å²) < 4.78 is 24.4. The molecule has 2 aromatic carbocycles. The number of rotatable bonds is 5. The van der Waals surface area contributed by atoms with E-state index in [-0.39, 0.29) is 12.6 Å². The Kier molecular flexibility index (Phi) is 4.43. The van der Waals surface area contributed by atoms with E-state index in [1.807, 2.05) is 12.1 Å². The van der Waals surface area contributed by atoms with Gasteiger partial charge in [0.1, 0.15) is 5.82 Å². The Balaban J connectivity index is 1.55. The highest BCUT2D eigenvalue weighted by molar-refractivity contribution is 7.07. The first-order valence-electron chi connectivity index (χ1n) is 8.97. The van der Waals surface area contributed by atoms with Crippen LogP contribution >= 0.6 is 11.3 Å². The second-order valence-corrected chi connectivity index (χ2v) is 7.42. The van der Waals surface area contributed by atoms with Crippen molar-refractivity contribution in [2.24, 2.45) is 0 Å². The molecule has 5 rings (SSSR count). The van der Waals surface area contributed by atoms with Gasteiger partial charge in [0.05, 0.1) is 11.2 Å². The van der Waals surface area contributed by atoms with E-state index >= 15 is 0 Å². The van der Waals surface area contributed by atoms with Crippen molar-refractivity contribution in [3.63, 3.8) is 0 Å². The van der Waals surface area contributed by atoms with E-state index in [9.17, 15) is 4.39 Å². The van der Waals surface area contributed by atoms with E-state index in [1.54, 1.807) is 23.5 Å².